The Morgan fingerprint density at radius 2 is 1.71 bits per heavy atom. The van der Waals surface area contributed by atoms with Crippen molar-refractivity contribution in [2.45, 2.75) is 71.9 Å². The molecule has 2 aromatic rings. The van der Waals surface area contributed by atoms with E-state index in [0.717, 1.165) is 29.7 Å². The molecule has 35 heavy (non-hydrogen) atoms. The van der Waals surface area contributed by atoms with Gasteiger partial charge in [0.1, 0.15) is 5.82 Å². The van der Waals surface area contributed by atoms with Crippen LogP contribution in [0, 0.1) is 5.82 Å². The number of carbonyl (C=O) groups is 1. The van der Waals surface area contributed by atoms with E-state index in [-0.39, 0.29) is 30.1 Å². The molecule has 1 aliphatic rings. The van der Waals surface area contributed by atoms with Gasteiger partial charge < -0.3 is 20.2 Å². The van der Waals surface area contributed by atoms with Crippen LogP contribution >= 0.6 is 0 Å². The summed E-state index contributed by atoms with van der Waals surface area (Å²) in [4.78, 5) is 13.9. The minimum Gasteiger partial charge on any atom is -0.512 e. The molecule has 0 aromatic heterocycles. The van der Waals surface area contributed by atoms with Gasteiger partial charge in [-0.3, -0.25) is 4.79 Å². The largest absolute Gasteiger partial charge is 0.512 e. The number of benzene rings is 2. The van der Waals surface area contributed by atoms with Crippen molar-refractivity contribution in [3.05, 3.63) is 89.5 Å². The van der Waals surface area contributed by atoms with E-state index in [2.05, 4.69) is 0 Å². The minimum atomic E-state index is -0.449. The van der Waals surface area contributed by atoms with Crippen LogP contribution in [0.25, 0.3) is 0 Å². The third-order valence-corrected chi connectivity index (χ3v) is 5.53. The first kappa shape index (κ1) is 30.1. The molecule has 3 N–H and O–H groups in total. The number of anilines is 1. The highest BCUT2D eigenvalue weighted by Gasteiger charge is 2.33. The molecule has 0 aliphatic carbocycles. The van der Waals surface area contributed by atoms with Gasteiger partial charge in [-0.2, -0.15) is 0 Å². The lowest BCUT2D eigenvalue weighted by Gasteiger charge is -2.26. The Balaban J connectivity index is 0.000000372. The van der Waals surface area contributed by atoms with E-state index in [0.29, 0.717) is 19.3 Å². The van der Waals surface area contributed by atoms with Crippen molar-refractivity contribution < 1.29 is 24.5 Å². The lowest BCUT2D eigenvalue weighted by Crippen LogP contribution is -2.35. The molecule has 1 saturated heterocycles. The Morgan fingerprint density at radius 1 is 1.09 bits per heavy atom. The molecule has 0 saturated carbocycles. The lowest BCUT2D eigenvalue weighted by atomic mass is 10.0. The first-order chi connectivity index (χ1) is 16.9. The maximum Gasteiger partial charge on any atom is 0.227 e. The van der Waals surface area contributed by atoms with Crippen LogP contribution in [-0.4, -0.2) is 33.9 Å². The monoisotopic (exact) mass is 485 g/mol. The van der Waals surface area contributed by atoms with Gasteiger partial charge in [0.15, 0.2) is 0 Å². The van der Waals surface area contributed by atoms with Crippen LogP contribution in [0.15, 0.2) is 78.1 Å². The zero-order valence-corrected chi connectivity index (χ0v) is 21.3. The van der Waals surface area contributed by atoms with Gasteiger partial charge in [0.25, 0.3) is 0 Å². The molecule has 0 radical (unpaired) electrons. The Kier molecular flexibility index (Phi) is 14.3. The van der Waals surface area contributed by atoms with Crippen molar-refractivity contribution in [1.29, 1.82) is 0 Å². The molecule has 0 bridgehead atoms. The second-order valence-corrected chi connectivity index (χ2v) is 7.92. The quantitative estimate of drug-likeness (QED) is 0.289. The Bertz CT molecular complexity index is 925. The molecule has 1 aliphatic heterocycles. The van der Waals surface area contributed by atoms with E-state index in [4.69, 9.17) is 0 Å². The number of amides is 1. The number of halogens is 1. The van der Waals surface area contributed by atoms with E-state index < -0.39 is 6.10 Å². The summed E-state index contributed by atoms with van der Waals surface area (Å²) < 4.78 is 12.5. The van der Waals surface area contributed by atoms with Crippen molar-refractivity contribution in [2.75, 3.05) is 11.5 Å². The summed E-state index contributed by atoms with van der Waals surface area (Å²) in [5.74, 6) is 0.0632. The first-order valence-corrected chi connectivity index (χ1v) is 12.4. The average Bonchev–Trinajstić information content (AvgIpc) is 3.28. The standard InChI is InChI=1S/C17H21NO3.C10H13FO.C2H6/c1-2-15(20)9-8-13(12-19)16-10-11-17(21)18(16)14-6-4-3-5-7-14;1-2-3-10(12)8-4-6-9(11)7-5-8;1-2/h3-9,16,19-20H,2,10-12H2,1H3;4-7,10,12H,2-3H2,1H3;1-2H3/b13-8+,15-9+;;. The Morgan fingerprint density at radius 3 is 2.26 bits per heavy atom. The van der Waals surface area contributed by atoms with Gasteiger partial charge in [-0.25, -0.2) is 4.39 Å². The van der Waals surface area contributed by atoms with E-state index in [9.17, 15) is 24.5 Å². The average molecular weight is 486 g/mol. The fourth-order valence-electron chi connectivity index (χ4n) is 3.66. The molecule has 2 unspecified atom stereocenters. The van der Waals surface area contributed by atoms with Crippen LogP contribution < -0.4 is 4.90 Å². The van der Waals surface area contributed by atoms with Gasteiger partial charge in [-0.05, 0) is 54.3 Å². The molecule has 1 amide bonds. The van der Waals surface area contributed by atoms with E-state index >= 15 is 0 Å². The van der Waals surface area contributed by atoms with Crippen LogP contribution in [0.2, 0.25) is 0 Å². The molecule has 0 spiro atoms. The van der Waals surface area contributed by atoms with Crippen LogP contribution in [0.4, 0.5) is 10.1 Å². The summed E-state index contributed by atoms with van der Waals surface area (Å²) in [6.45, 7) is 7.73. The third-order valence-electron chi connectivity index (χ3n) is 5.53. The molecule has 192 valence electrons. The second-order valence-electron chi connectivity index (χ2n) is 7.92. The second kappa shape index (κ2) is 16.6. The summed E-state index contributed by atoms with van der Waals surface area (Å²) in [6, 6.07) is 15.3. The maximum absolute atomic E-state index is 12.5. The van der Waals surface area contributed by atoms with E-state index in [1.807, 2.05) is 58.0 Å². The van der Waals surface area contributed by atoms with Crippen molar-refractivity contribution in [1.82, 2.24) is 0 Å². The highest BCUT2D eigenvalue weighted by Crippen LogP contribution is 2.30. The van der Waals surface area contributed by atoms with Crippen molar-refractivity contribution >= 4 is 11.6 Å². The minimum absolute atomic E-state index is 0.0641. The Labute approximate surface area is 209 Å². The van der Waals surface area contributed by atoms with Crippen LogP contribution in [-0.2, 0) is 4.79 Å². The number of hydrogen-bond donors (Lipinski definition) is 3. The topological polar surface area (TPSA) is 81.0 Å². The summed E-state index contributed by atoms with van der Waals surface area (Å²) in [6.07, 6.45) is 6.22. The molecule has 5 nitrogen and oxygen atoms in total. The number of hydrogen-bond acceptors (Lipinski definition) is 4. The highest BCUT2D eigenvalue weighted by atomic mass is 19.1. The summed E-state index contributed by atoms with van der Waals surface area (Å²) in [5, 5.41) is 28.6. The highest BCUT2D eigenvalue weighted by molar-refractivity contribution is 5.97. The van der Waals surface area contributed by atoms with Gasteiger partial charge in [0.2, 0.25) is 5.91 Å². The summed E-state index contributed by atoms with van der Waals surface area (Å²) in [5.41, 5.74) is 2.37. The lowest BCUT2D eigenvalue weighted by molar-refractivity contribution is -0.117. The number of nitrogens with zero attached hydrogens (tertiary/aromatic N) is 1. The zero-order chi connectivity index (χ0) is 26.2. The van der Waals surface area contributed by atoms with Gasteiger partial charge >= 0.3 is 0 Å². The summed E-state index contributed by atoms with van der Waals surface area (Å²) in [7, 11) is 0. The molecule has 3 rings (SSSR count). The SMILES string of the molecule is CC.CC/C(O)=C\C=C(/CO)C1CCC(=O)N1c1ccccc1.CCCC(O)c1ccc(F)cc1. The Hall–Kier alpha value is -2.96. The molecule has 1 heterocycles. The number of allylic oxidation sites excluding steroid dienone is 3. The van der Waals surface area contributed by atoms with Gasteiger partial charge in [0, 0.05) is 18.5 Å². The van der Waals surface area contributed by atoms with Gasteiger partial charge in [0.05, 0.1) is 24.5 Å². The fourth-order valence-corrected chi connectivity index (χ4v) is 3.66. The van der Waals surface area contributed by atoms with Crippen LogP contribution in [0.1, 0.15) is 71.5 Å². The third kappa shape index (κ3) is 9.67. The van der Waals surface area contributed by atoms with Crippen LogP contribution in [0.5, 0.6) is 0 Å². The van der Waals surface area contributed by atoms with Gasteiger partial charge in [-0.15, -0.1) is 0 Å². The zero-order valence-electron chi connectivity index (χ0n) is 21.3. The molecule has 6 heteroatoms. The van der Waals surface area contributed by atoms with E-state index in [1.165, 1.54) is 12.1 Å². The molecule has 2 aromatic carbocycles. The number of rotatable bonds is 8. The van der Waals surface area contributed by atoms with Gasteiger partial charge in [-0.1, -0.05) is 70.5 Å². The summed E-state index contributed by atoms with van der Waals surface area (Å²) >= 11 is 0. The number of carbonyl (C=O) groups excluding carboxylic acids is 1. The number of aliphatic hydroxyl groups excluding tert-OH is 3. The molecule has 2 atom stereocenters. The number of aliphatic hydroxyl groups is 3. The smallest absolute Gasteiger partial charge is 0.227 e. The first-order valence-electron chi connectivity index (χ1n) is 12.4. The molecular weight excluding hydrogens is 445 g/mol. The maximum atomic E-state index is 12.5. The fraction of sp³-hybridized carbons (Fsp3) is 0.414. The predicted octanol–water partition coefficient (Wildman–Crippen LogP) is 6.64. The number of para-hydroxylation sites is 1. The van der Waals surface area contributed by atoms with Crippen molar-refractivity contribution in [3.63, 3.8) is 0 Å². The van der Waals surface area contributed by atoms with Crippen LogP contribution in [0.3, 0.4) is 0 Å². The van der Waals surface area contributed by atoms with Crippen molar-refractivity contribution in [3.8, 4) is 0 Å². The normalized spacial score (nSPS) is 16.7. The van der Waals surface area contributed by atoms with E-state index in [1.54, 1.807) is 29.2 Å². The molecular formula is C29H40FNO4. The van der Waals surface area contributed by atoms with Crippen molar-refractivity contribution in [2.24, 2.45) is 0 Å². The molecule has 1 fully saturated rings. The predicted molar refractivity (Wildman–Crippen MR) is 141 cm³/mol.